The summed E-state index contributed by atoms with van der Waals surface area (Å²) in [6, 6.07) is 8.52. The molecule has 1 aromatic heterocycles. The topological polar surface area (TPSA) is 58.8 Å². The lowest BCUT2D eigenvalue weighted by Crippen LogP contribution is -2.29. The van der Waals surface area contributed by atoms with E-state index in [2.05, 4.69) is 16.8 Å². The summed E-state index contributed by atoms with van der Waals surface area (Å²) in [6.07, 6.45) is 7.77. The van der Waals surface area contributed by atoms with Gasteiger partial charge >= 0.3 is 0 Å². The van der Waals surface area contributed by atoms with Gasteiger partial charge in [-0.05, 0) is 69.8 Å². The Morgan fingerprint density at radius 3 is 2.69 bits per heavy atom. The van der Waals surface area contributed by atoms with Crippen molar-refractivity contribution in [1.29, 1.82) is 0 Å². The van der Waals surface area contributed by atoms with Gasteiger partial charge in [-0.3, -0.25) is 4.79 Å². The van der Waals surface area contributed by atoms with Crippen LogP contribution in [-0.2, 0) is 11.2 Å². The Kier molecular flexibility index (Phi) is 6.49. The first-order chi connectivity index (χ1) is 14.2. The van der Waals surface area contributed by atoms with Crippen molar-refractivity contribution in [1.82, 2.24) is 14.8 Å². The standard InChI is InChI=1S/C23H31N3O3/c1-18-6-4-13-25(18)14-5-15-28-21-9-7-19(8-10-21)23-24-20(17-29-23)16-22(27)26-11-2-3-12-26/h7-10,17-18H,2-6,11-16H2,1H3. The molecule has 1 aromatic carbocycles. The van der Waals surface area contributed by atoms with Gasteiger partial charge in [-0.25, -0.2) is 4.98 Å². The third-order valence-electron chi connectivity index (χ3n) is 5.99. The van der Waals surface area contributed by atoms with Crippen LogP contribution in [0.4, 0.5) is 0 Å². The highest BCUT2D eigenvalue weighted by atomic mass is 16.5. The predicted octanol–water partition coefficient (Wildman–Crippen LogP) is 3.76. The fourth-order valence-corrected chi connectivity index (χ4v) is 4.23. The number of hydrogen-bond donors (Lipinski definition) is 0. The van der Waals surface area contributed by atoms with E-state index in [9.17, 15) is 4.79 Å². The van der Waals surface area contributed by atoms with Crippen molar-refractivity contribution >= 4 is 5.91 Å². The van der Waals surface area contributed by atoms with Gasteiger partial charge in [-0.2, -0.15) is 0 Å². The van der Waals surface area contributed by atoms with Crippen molar-refractivity contribution in [3.63, 3.8) is 0 Å². The van der Waals surface area contributed by atoms with Gasteiger partial charge in [0.25, 0.3) is 0 Å². The molecule has 0 radical (unpaired) electrons. The number of nitrogens with zero attached hydrogens (tertiary/aromatic N) is 3. The van der Waals surface area contributed by atoms with Crippen molar-refractivity contribution in [3.05, 3.63) is 36.2 Å². The molecule has 156 valence electrons. The number of ether oxygens (including phenoxy) is 1. The molecule has 2 saturated heterocycles. The summed E-state index contributed by atoms with van der Waals surface area (Å²) >= 11 is 0. The third-order valence-corrected chi connectivity index (χ3v) is 5.99. The minimum absolute atomic E-state index is 0.134. The monoisotopic (exact) mass is 397 g/mol. The van der Waals surface area contributed by atoms with Gasteiger partial charge in [-0.1, -0.05) is 0 Å². The molecule has 6 nitrogen and oxygen atoms in total. The quantitative estimate of drug-likeness (QED) is 0.635. The van der Waals surface area contributed by atoms with Gasteiger partial charge < -0.3 is 19.0 Å². The van der Waals surface area contributed by atoms with E-state index in [1.54, 1.807) is 6.26 Å². The van der Waals surface area contributed by atoms with Crippen molar-refractivity contribution in [3.8, 4) is 17.2 Å². The number of hydrogen-bond acceptors (Lipinski definition) is 5. The molecular weight excluding hydrogens is 366 g/mol. The molecule has 0 saturated carbocycles. The number of oxazole rings is 1. The van der Waals surface area contributed by atoms with Crippen LogP contribution in [0, 0.1) is 0 Å². The molecule has 0 spiro atoms. The van der Waals surface area contributed by atoms with Crippen LogP contribution in [0.25, 0.3) is 11.5 Å². The Morgan fingerprint density at radius 1 is 1.17 bits per heavy atom. The van der Waals surface area contributed by atoms with E-state index in [-0.39, 0.29) is 5.91 Å². The number of carbonyl (C=O) groups excluding carboxylic acids is 1. The van der Waals surface area contributed by atoms with Gasteiger partial charge in [0, 0.05) is 31.2 Å². The molecule has 2 aliphatic heterocycles. The zero-order chi connectivity index (χ0) is 20.1. The normalized spacial score (nSPS) is 19.8. The number of likely N-dealkylation sites (tertiary alicyclic amines) is 2. The minimum Gasteiger partial charge on any atom is -0.494 e. The fraction of sp³-hybridized carbons (Fsp3) is 0.565. The molecule has 6 heteroatoms. The highest BCUT2D eigenvalue weighted by Crippen LogP contribution is 2.23. The maximum atomic E-state index is 12.3. The van der Waals surface area contributed by atoms with E-state index in [1.165, 1.54) is 19.4 Å². The van der Waals surface area contributed by atoms with Crippen LogP contribution >= 0.6 is 0 Å². The summed E-state index contributed by atoms with van der Waals surface area (Å²) in [6.45, 7) is 7.09. The molecule has 1 atom stereocenters. The highest BCUT2D eigenvalue weighted by molar-refractivity contribution is 5.78. The second kappa shape index (κ2) is 9.44. The summed E-state index contributed by atoms with van der Waals surface area (Å²) in [5.41, 5.74) is 1.58. The van der Waals surface area contributed by atoms with Crippen molar-refractivity contribution in [2.75, 3.05) is 32.8 Å². The van der Waals surface area contributed by atoms with E-state index in [1.807, 2.05) is 29.2 Å². The minimum atomic E-state index is 0.134. The molecule has 4 rings (SSSR count). The molecule has 2 aliphatic rings. The first kappa shape index (κ1) is 20.0. The van der Waals surface area contributed by atoms with Gasteiger partial charge in [0.2, 0.25) is 11.8 Å². The first-order valence-electron chi connectivity index (χ1n) is 10.9. The smallest absolute Gasteiger partial charge is 0.228 e. The zero-order valence-corrected chi connectivity index (χ0v) is 17.3. The lowest BCUT2D eigenvalue weighted by molar-refractivity contribution is -0.129. The van der Waals surface area contributed by atoms with Crippen LogP contribution in [0.2, 0.25) is 0 Å². The molecule has 3 heterocycles. The van der Waals surface area contributed by atoms with E-state index < -0.39 is 0 Å². The highest BCUT2D eigenvalue weighted by Gasteiger charge is 2.20. The molecular formula is C23H31N3O3. The maximum absolute atomic E-state index is 12.3. The average molecular weight is 398 g/mol. The van der Waals surface area contributed by atoms with Gasteiger partial charge in [0.15, 0.2) is 0 Å². The van der Waals surface area contributed by atoms with E-state index in [0.717, 1.165) is 56.8 Å². The largest absolute Gasteiger partial charge is 0.494 e. The van der Waals surface area contributed by atoms with E-state index in [4.69, 9.17) is 9.15 Å². The molecule has 0 bridgehead atoms. The van der Waals surface area contributed by atoms with Gasteiger partial charge in [0.1, 0.15) is 12.0 Å². The number of rotatable bonds is 8. The SMILES string of the molecule is CC1CCCN1CCCOc1ccc(-c2nc(CC(=O)N3CCCC3)co2)cc1. The number of carbonyl (C=O) groups is 1. The fourth-order valence-electron chi connectivity index (χ4n) is 4.23. The number of benzene rings is 1. The molecule has 1 amide bonds. The Hall–Kier alpha value is -2.34. The summed E-state index contributed by atoms with van der Waals surface area (Å²) in [4.78, 5) is 21.2. The number of amides is 1. The zero-order valence-electron chi connectivity index (χ0n) is 17.3. The Balaban J connectivity index is 1.24. The number of aromatic nitrogens is 1. The Morgan fingerprint density at radius 2 is 1.97 bits per heavy atom. The van der Waals surface area contributed by atoms with Crippen molar-refractivity contribution < 1.29 is 13.9 Å². The van der Waals surface area contributed by atoms with E-state index in [0.29, 0.717) is 24.0 Å². The van der Waals surface area contributed by atoms with Crippen LogP contribution in [0.3, 0.4) is 0 Å². The summed E-state index contributed by atoms with van der Waals surface area (Å²) in [5.74, 6) is 1.54. The van der Waals surface area contributed by atoms with Gasteiger partial charge in [-0.15, -0.1) is 0 Å². The molecule has 0 aliphatic carbocycles. The predicted molar refractivity (Wildman–Crippen MR) is 112 cm³/mol. The van der Waals surface area contributed by atoms with Crippen molar-refractivity contribution in [2.24, 2.45) is 0 Å². The lowest BCUT2D eigenvalue weighted by atomic mass is 10.2. The molecule has 29 heavy (non-hydrogen) atoms. The average Bonchev–Trinajstić information content (AvgIpc) is 3.48. The van der Waals surface area contributed by atoms with Crippen LogP contribution in [-0.4, -0.2) is 59.5 Å². The van der Waals surface area contributed by atoms with Crippen LogP contribution in [0.1, 0.15) is 44.7 Å². The molecule has 2 aromatic rings. The van der Waals surface area contributed by atoms with Crippen LogP contribution in [0.15, 0.2) is 34.9 Å². The van der Waals surface area contributed by atoms with Crippen molar-refractivity contribution in [2.45, 2.75) is 51.5 Å². The second-order valence-electron chi connectivity index (χ2n) is 8.16. The maximum Gasteiger partial charge on any atom is 0.228 e. The Labute approximate surface area is 172 Å². The van der Waals surface area contributed by atoms with E-state index >= 15 is 0 Å². The van der Waals surface area contributed by atoms with Crippen LogP contribution in [0.5, 0.6) is 5.75 Å². The third kappa shape index (κ3) is 5.18. The summed E-state index contributed by atoms with van der Waals surface area (Å²) in [7, 11) is 0. The summed E-state index contributed by atoms with van der Waals surface area (Å²) < 4.78 is 11.5. The lowest BCUT2D eigenvalue weighted by Gasteiger charge is -2.20. The van der Waals surface area contributed by atoms with Crippen LogP contribution < -0.4 is 4.74 Å². The molecule has 2 fully saturated rings. The first-order valence-corrected chi connectivity index (χ1v) is 10.9. The van der Waals surface area contributed by atoms with Gasteiger partial charge in [0.05, 0.1) is 18.7 Å². The Bertz CT molecular complexity index is 796. The summed E-state index contributed by atoms with van der Waals surface area (Å²) in [5, 5.41) is 0. The molecule has 1 unspecified atom stereocenters. The second-order valence-corrected chi connectivity index (χ2v) is 8.16. The molecule has 0 N–H and O–H groups in total.